The van der Waals surface area contributed by atoms with Crippen molar-refractivity contribution in [3.05, 3.63) is 70.4 Å². The standard InChI is InChI=1S/C34H43N7O4/c1-4-23-9-8-10-24(5-2)30(23)35-33(43)40-21-28-29(22-40)41(34(44)45-27-11-6-7-12-27)37-31(28)36-32(42)25-13-15-26(16-14-25)39-19-17-38(3)18-20-39/h8-10,13-16,27H,4-7,11-12,17-22H2,1-3H3,(H,35,43)(H,36,37,42). The second kappa shape index (κ2) is 13.3. The van der Waals surface area contributed by atoms with Gasteiger partial charge in [-0.25, -0.2) is 9.59 Å². The summed E-state index contributed by atoms with van der Waals surface area (Å²) >= 11 is 0. The van der Waals surface area contributed by atoms with Crippen LogP contribution in [0.15, 0.2) is 42.5 Å². The third-order valence-electron chi connectivity index (χ3n) is 9.27. The molecular weight excluding hydrogens is 570 g/mol. The molecule has 238 valence electrons. The summed E-state index contributed by atoms with van der Waals surface area (Å²) in [6, 6.07) is 13.3. The van der Waals surface area contributed by atoms with Crippen LogP contribution in [-0.4, -0.2) is 76.9 Å². The van der Waals surface area contributed by atoms with E-state index in [0.29, 0.717) is 16.8 Å². The number of carbonyl (C=O) groups excluding carboxylic acids is 3. The van der Waals surface area contributed by atoms with Gasteiger partial charge in [0, 0.05) is 48.7 Å². The fraction of sp³-hybridized carbons (Fsp3) is 0.471. The molecule has 45 heavy (non-hydrogen) atoms. The highest BCUT2D eigenvalue weighted by Crippen LogP contribution is 2.32. The lowest BCUT2D eigenvalue weighted by molar-refractivity contribution is 0.0978. The molecule has 3 aliphatic rings. The van der Waals surface area contributed by atoms with Gasteiger partial charge in [0.25, 0.3) is 5.91 Å². The number of benzene rings is 2. The molecule has 3 heterocycles. The van der Waals surface area contributed by atoms with Gasteiger partial charge in [0.1, 0.15) is 6.10 Å². The molecule has 2 fully saturated rings. The summed E-state index contributed by atoms with van der Waals surface area (Å²) in [5, 5.41) is 10.6. The van der Waals surface area contributed by atoms with Gasteiger partial charge < -0.3 is 30.1 Å². The number of anilines is 3. The number of hydrogen-bond acceptors (Lipinski definition) is 7. The summed E-state index contributed by atoms with van der Waals surface area (Å²) in [4.78, 5) is 46.6. The average Bonchev–Trinajstić information content (AvgIpc) is 3.80. The first-order valence-corrected chi connectivity index (χ1v) is 16.2. The molecule has 0 bridgehead atoms. The highest BCUT2D eigenvalue weighted by atomic mass is 16.6. The van der Waals surface area contributed by atoms with Crippen LogP contribution in [0.4, 0.5) is 26.8 Å². The van der Waals surface area contributed by atoms with Gasteiger partial charge in [-0.3, -0.25) is 4.79 Å². The Labute approximate surface area is 264 Å². The van der Waals surface area contributed by atoms with Crippen LogP contribution in [0.1, 0.15) is 72.3 Å². The first kappa shape index (κ1) is 30.6. The quantitative estimate of drug-likeness (QED) is 0.363. The number of ether oxygens (including phenoxy) is 1. The molecule has 11 nitrogen and oxygen atoms in total. The Bertz CT molecular complexity index is 1530. The summed E-state index contributed by atoms with van der Waals surface area (Å²) < 4.78 is 7.00. The molecule has 11 heteroatoms. The van der Waals surface area contributed by atoms with Gasteiger partial charge in [0.05, 0.1) is 18.8 Å². The molecule has 1 saturated carbocycles. The number of piperazine rings is 1. The van der Waals surface area contributed by atoms with Gasteiger partial charge in [0.15, 0.2) is 5.82 Å². The SMILES string of the molecule is CCc1cccc(CC)c1NC(=O)N1Cc2c(NC(=O)c3ccc(N4CCN(C)CC4)cc3)nn(C(=O)OC3CCCC3)c2C1. The van der Waals surface area contributed by atoms with Crippen molar-refractivity contribution in [2.75, 3.05) is 48.8 Å². The van der Waals surface area contributed by atoms with Gasteiger partial charge in [-0.1, -0.05) is 32.0 Å². The van der Waals surface area contributed by atoms with Crippen molar-refractivity contribution in [1.82, 2.24) is 19.6 Å². The van der Waals surface area contributed by atoms with Gasteiger partial charge in [-0.2, -0.15) is 4.68 Å². The van der Waals surface area contributed by atoms with Crippen molar-refractivity contribution >= 4 is 35.2 Å². The highest BCUT2D eigenvalue weighted by molar-refractivity contribution is 6.04. The van der Waals surface area contributed by atoms with Crippen molar-refractivity contribution in [2.45, 2.75) is 71.6 Å². The first-order chi connectivity index (χ1) is 21.8. The van der Waals surface area contributed by atoms with Crippen LogP contribution >= 0.6 is 0 Å². The lowest BCUT2D eigenvalue weighted by atomic mass is 10.0. The van der Waals surface area contributed by atoms with Crippen LogP contribution in [-0.2, 0) is 30.7 Å². The van der Waals surface area contributed by atoms with E-state index >= 15 is 0 Å². The number of nitrogens with zero attached hydrogens (tertiary/aromatic N) is 5. The normalized spacial score (nSPS) is 17.0. The number of amides is 3. The predicted molar refractivity (Wildman–Crippen MR) is 174 cm³/mol. The number of para-hydroxylation sites is 1. The first-order valence-electron chi connectivity index (χ1n) is 16.2. The maximum atomic E-state index is 13.6. The molecule has 2 N–H and O–H groups in total. The van der Waals surface area contributed by atoms with E-state index in [4.69, 9.17) is 4.74 Å². The van der Waals surface area contributed by atoms with Crippen LogP contribution in [0.3, 0.4) is 0 Å². The van der Waals surface area contributed by atoms with E-state index in [1.165, 1.54) is 4.68 Å². The largest absolute Gasteiger partial charge is 0.445 e. The van der Waals surface area contributed by atoms with Crippen LogP contribution < -0.4 is 15.5 Å². The second-order valence-electron chi connectivity index (χ2n) is 12.2. The summed E-state index contributed by atoms with van der Waals surface area (Å²) in [5.41, 5.74) is 5.72. The fourth-order valence-electron chi connectivity index (χ4n) is 6.49. The summed E-state index contributed by atoms with van der Waals surface area (Å²) in [6.07, 6.45) is 4.56. The number of aromatic nitrogens is 2. The number of fused-ring (bicyclic) bond motifs is 1. The molecule has 2 aliphatic heterocycles. The lowest BCUT2D eigenvalue weighted by Crippen LogP contribution is -2.44. The van der Waals surface area contributed by atoms with Crippen LogP contribution in [0.5, 0.6) is 0 Å². The highest BCUT2D eigenvalue weighted by Gasteiger charge is 2.35. The maximum absolute atomic E-state index is 13.6. The van der Waals surface area contributed by atoms with Crippen molar-refractivity contribution in [1.29, 1.82) is 0 Å². The Balaban J connectivity index is 1.21. The second-order valence-corrected chi connectivity index (χ2v) is 12.2. The Morgan fingerprint density at radius 1 is 0.889 bits per heavy atom. The van der Waals surface area contributed by atoms with E-state index in [2.05, 4.69) is 46.4 Å². The van der Waals surface area contributed by atoms with Crippen LogP contribution in [0.25, 0.3) is 0 Å². The fourth-order valence-corrected chi connectivity index (χ4v) is 6.49. The van der Waals surface area contributed by atoms with Gasteiger partial charge in [-0.15, -0.1) is 5.10 Å². The molecule has 0 atom stereocenters. The van der Waals surface area contributed by atoms with Gasteiger partial charge in [0.2, 0.25) is 0 Å². The number of nitrogens with one attached hydrogen (secondary N) is 2. The molecule has 1 aromatic heterocycles. The molecule has 6 rings (SSSR count). The van der Waals surface area contributed by atoms with E-state index in [1.807, 2.05) is 42.5 Å². The van der Waals surface area contributed by atoms with E-state index in [0.717, 1.165) is 87.2 Å². The number of rotatable bonds is 7. The monoisotopic (exact) mass is 613 g/mol. The maximum Gasteiger partial charge on any atom is 0.435 e. The third-order valence-corrected chi connectivity index (χ3v) is 9.27. The summed E-state index contributed by atoms with van der Waals surface area (Å²) in [6.45, 7) is 8.38. The van der Waals surface area contributed by atoms with E-state index in [9.17, 15) is 14.4 Å². The van der Waals surface area contributed by atoms with Crippen molar-refractivity contribution in [2.24, 2.45) is 0 Å². The van der Waals surface area contributed by atoms with Crippen LogP contribution in [0, 0.1) is 0 Å². The minimum absolute atomic E-state index is 0.145. The van der Waals surface area contributed by atoms with E-state index < -0.39 is 6.09 Å². The zero-order chi connectivity index (χ0) is 31.5. The zero-order valence-corrected chi connectivity index (χ0v) is 26.5. The van der Waals surface area contributed by atoms with Crippen molar-refractivity contribution in [3.8, 4) is 0 Å². The number of hydrogen-bond donors (Lipinski definition) is 2. The number of urea groups is 1. The van der Waals surface area contributed by atoms with Crippen LogP contribution in [0.2, 0.25) is 0 Å². The Morgan fingerprint density at radius 2 is 1.56 bits per heavy atom. The number of likely N-dealkylation sites (N-methyl/N-ethyl adjacent to an activating group) is 1. The van der Waals surface area contributed by atoms with Crippen molar-refractivity contribution in [3.63, 3.8) is 0 Å². The minimum Gasteiger partial charge on any atom is -0.445 e. The van der Waals surface area contributed by atoms with E-state index in [-0.39, 0.29) is 36.9 Å². The minimum atomic E-state index is -0.581. The zero-order valence-electron chi connectivity index (χ0n) is 26.5. The Morgan fingerprint density at radius 3 is 2.20 bits per heavy atom. The molecular formula is C34H43N7O4. The van der Waals surface area contributed by atoms with E-state index in [1.54, 1.807) is 4.90 Å². The number of aryl methyl sites for hydroxylation is 2. The lowest BCUT2D eigenvalue weighted by Gasteiger charge is -2.34. The molecule has 3 amide bonds. The predicted octanol–water partition coefficient (Wildman–Crippen LogP) is 5.49. The summed E-state index contributed by atoms with van der Waals surface area (Å²) in [7, 11) is 2.12. The summed E-state index contributed by atoms with van der Waals surface area (Å²) in [5.74, 6) is -0.0658. The molecule has 1 saturated heterocycles. The van der Waals surface area contributed by atoms with Gasteiger partial charge >= 0.3 is 12.1 Å². The molecule has 1 aliphatic carbocycles. The number of carbonyl (C=O) groups is 3. The van der Waals surface area contributed by atoms with Crippen molar-refractivity contribution < 1.29 is 19.1 Å². The molecule has 0 spiro atoms. The molecule has 3 aromatic rings. The molecule has 0 unspecified atom stereocenters. The Hall–Kier alpha value is -4.38. The smallest absolute Gasteiger partial charge is 0.435 e. The molecule has 2 aromatic carbocycles. The topological polar surface area (TPSA) is 112 Å². The third kappa shape index (κ3) is 6.54. The average molecular weight is 614 g/mol. The molecule has 0 radical (unpaired) electrons. The van der Waals surface area contributed by atoms with Gasteiger partial charge in [-0.05, 0) is 81.0 Å². The Kier molecular flexibility index (Phi) is 9.07.